The highest BCUT2D eigenvalue weighted by molar-refractivity contribution is 7.89. The van der Waals surface area contributed by atoms with Crippen molar-refractivity contribution in [1.29, 1.82) is 0 Å². The Morgan fingerprint density at radius 1 is 1.36 bits per heavy atom. The van der Waals surface area contributed by atoms with Crippen LogP contribution in [0.15, 0.2) is 29.2 Å². The predicted molar refractivity (Wildman–Crippen MR) is 78.3 cm³/mol. The number of primary sulfonamides is 1. The summed E-state index contributed by atoms with van der Waals surface area (Å²) in [7, 11) is -3.76. The molecule has 0 saturated carbocycles. The molecular weight excluding hydrogens is 340 g/mol. The molecule has 22 heavy (non-hydrogen) atoms. The van der Waals surface area contributed by atoms with Gasteiger partial charge < -0.3 is 5.32 Å². The van der Waals surface area contributed by atoms with Crippen LogP contribution in [0.3, 0.4) is 0 Å². The van der Waals surface area contributed by atoms with Crippen LogP contribution in [0, 0.1) is 0 Å². The zero-order chi connectivity index (χ0) is 15.7. The van der Waals surface area contributed by atoms with Crippen LogP contribution in [0.25, 0.3) is 0 Å². The van der Waals surface area contributed by atoms with E-state index in [1.165, 1.54) is 24.3 Å². The van der Waals surface area contributed by atoms with Crippen molar-refractivity contribution in [2.75, 3.05) is 6.54 Å². The topological polar surface area (TPSA) is 101 Å². The fourth-order valence-corrected chi connectivity index (χ4v) is 2.53. The van der Waals surface area contributed by atoms with E-state index in [0.717, 1.165) is 0 Å². The number of carbonyl (C=O) groups excluding carboxylic acids is 1. The van der Waals surface area contributed by atoms with Gasteiger partial charge in [0.1, 0.15) is 0 Å². The lowest BCUT2D eigenvalue weighted by atomic mass is 10.1. The third kappa shape index (κ3) is 4.87. The summed E-state index contributed by atoms with van der Waals surface area (Å²) in [4.78, 5) is 11.7. The Morgan fingerprint density at radius 3 is 2.41 bits per heavy atom. The number of nitrogens with one attached hydrogen (secondary N) is 2. The van der Waals surface area contributed by atoms with E-state index >= 15 is 0 Å². The van der Waals surface area contributed by atoms with Crippen molar-refractivity contribution in [3.8, 4) is 0 Å². The highest BCUT2D eigenvalue weighted by Crippen LogP contribution is 2.25. The number of halogens is 3. The lowest BCUT2D eigenvalue weighted by molar-refractivity contribution is -0.123. The maximum atomic E-state index is 13.0. The fraction of sp³-hybridized carbons (Fsp3) is 0.417. The van der Waals surface area contributed by atoms with Crippen LogP contribution in [0.1, 0.15) is 12.0 Å². The van der Waals surface area contributed by atoms with Crippen LogP contribution >= 0.6 is 12.4 Å². The molecule has 124 valence electrons. The van der Waals surface area contributed by atoms with Crippen molar-refractivity contribution in [2.24, 2.45) is 5.14 Å². The van der Waals surface area contributed by atoms with Crippen molar-refractivity contribution >= 4 is 28.3 Å². The zero-order valence-electron chi connectivity index (χ0n) is 11.4. The molecule has 0 aromatic heterocycles. The summed E-state index contributed by atoms with van der Waals surface area (Å²) >= 11 is 0. The van der Waals surface area contributed by atoms with Gasteiger partial charge in [0, 0.05) is 13.0 Å². The summed E-state index contributed by atoms with van der Waals surface area (Å²) in [6.07, 6.45) is -0.525. The third-order valence-corrected chi connectivity index (χ3v) is 4.07. The molecular formula is C12H16ClF2N3O3S. The highest BCUT2D eigenvalue weighted by Gasteiger charge is 2.42. The second-order valence-electron chi connectivity index (χ2n) is 4.90. The Kier molecular flexibility index (Phi) is 5.85. The fourth-order valence-electron chi connectivity index (χ4n) is 2.01. The summed E-state index contributed by atoms with van der Waals surface area (Å²) in [5.41, 5.74) is 0.639. The van der Waals surface area contributed by atoms with Gasteiger partial charge in [-0.1, -0.05) is 12.1 Å². The quantitative estimate of drug-likeness (QED) is 0.726. The molecule has 4 N–H and O–H groups in total. The highest BCUT2D eigenvalue weighted by atomic mass is 35.5. The van der Waals surface area contributed by atoms with E-state index in [2.05, 4.69) is 10.6 Å². The molecule has 1 aliphatic heterocycles. The molecule has 1 amide bonds. The number of hydrogen-bond donors (Lipinski definition) is 3. The van der Waals surface area contributed by atoms with E-state index in [-0.39, 0.29) is 23.8 Å². The first-order valence-corrected chi connectivity index (χ1v) is 7.73. The number of rotatable bonds is 4. The molecule has 6 nitrogen and oxygen atoms in total. The molecule has 0 spiro atoms. The molecule has 1 atom stereocenters. The maximum Gasteiger partial charge on any atom is 0.262 e. The van der Waals surface area contributed by atoms with Crippen LogP contribution in [0.2, 0.25) is 0 Å². The van der Waals surface area contributed by atoms with Gasteiger partial charge in [-0.3, -0.25) is 10.1 Å². The minimum absolute atomic E-state index is 0. The van der Waals surface area contributed by atoms with Gasteiger partial charge in [0.15, 0.2) is 0 Å². The van der Waals surface area contributed by atoms with Crippen molar-refractivity contribution < 1.29 is 22.0 Å². The SMILES string of the molecule is Cl.NS(=O)(=O)c1ccc(CNC(=O)C2CC(F)(F)CN2)cc1. The van der Waals surface area contributed by atoms with Crippen molar-refractivity contribution in [2.45, 2.75) is 29.8 Å². The van der Waals surface area contributed by atoms with E-state index in [9.17, 15) is 22.0 Å². The van der Waals surface area contributed by atoms with Gasteiger partial charge in [-0.05, 0) is 17.7 Å². The van der Waals surface area contributed by atoms with Crippen LogP contribution in [0.5, 0.6) is 0 Å². The smallest absolute Gasteiger partial charge is 0.262 e. The zero-order valence-corrected chi connectivity index (χ0v) is 13.0. The molecule has 0 bridgehead atoms. The number of carbonyl (C=O) groups is 1. The van der Waals surface area contributed by atoms with E-state index in [0.29, 0.717) is 5.56 Å². The van der Waals surface area contributed by atoms with E-state index in [1.54, 1.807) is 0 Å². The average Bonchev–Trinajstić information content (AvgIpc) is 2.76. The van der Waals surface area contributed by atoms with Crippen molar-refractivity contribution in [3.63, 3.8) is 0 Å². The Morgan fingerprint density at radius 2 is 1.95 bits per heavy atom. The molecule has 10 heteroatoms. The van der Waals surface area contributed by atoms with Gasteiger partial charge in [-0.15, -0.1) is 12.4 Å². The first-order chi connectivity index (χ1) is 9.67. The summed E-state index contributed by atoms with van der Waals surface area (Å²) < 4.78 is 48.1. The van der Waals surface area contributed by atoms with Crippen LogP contribution in [0.4, 0.5) is 8.78 Å². The molecule has 0 radical (unpaired) electrons. The summed E-state index contributed by atoms with van der Waals surface area (Å²) in [5.74, 6) is -3.37. The Hall–Kier alpha value is -1.29. The summed E-state index contributed by atoms with van der Waals surface area (Å²) in [6, 6.07) is 4.72. The minimum Gasteiger partial charge on any atom is -0.351 e. The van der Waals surface area contributed by atoms with Crippen molar-refractivity contribution in [3.05, 3.63) is 29.8 Å². The number of nitrogens with two attached hydrogens (primary N) is 1. The standard InChI is InChI=1S/C12H15F2N3O3S.ClH/c13-12(14)5-10(17-7-12)11(18)16-6-8-1-3-9(4-2-8)21(15,19)20;/h1-4,10,17H,5-7H2,(H,16,18)(H2,15,19,20);1H. The molecule has 1 fully saturated rings. The number of amides is 1. The summed E-state index contributed by atoms with van der Waals surface area (Å²) in [6.45, 7) is -0.387. The van der Waals surface area contributed by atoms with Gasteiger partial charge in [0.05, 0.1) is 17.5 Å². The Bertz CT molecular complexity index is 638. The van der Waals surface area contributed by atoms with Crippen molar-refractivity contribution in [1.82, 2.24) is 10.6 Å². The summed E-state index contributed by atoms with van der Waals surface area (Å²) in [5, 5.41) is 9.94. The first-order valence-electron chi connectivity index (χ1n) is 6.18. The average molecular weight is 356 g/mol. The minimum atomic E-state index is -3.76. The monoisotopic (exact) mass is 355 g/mol. The lowest BCUT2D eigenvalue weighted by Gasteiger charge is -2.11. The lowest BCUT2D eigenvalue weighted by Crippen LogP contribution is -2.40. The van der Waals surface area contributed by atoms with Crippen LogP contribution in [-0.4, -0.2) is 32.8 Å². The van der Waals surface area contributed by atoms with E-state index < -0.39 is 40.9 Å². The molecule has 2 rings (SSSR count). The molecule has 1 heterocycles. The van der Waals surface area contributed by atoms with Gasteiger partial charge in [-0.25, -0.2) is 22.3 Å². The second-order valence-corrected chi connectivity index (χ2v) is 6.46. The molecule has 0 aliphatic carbocycles. The Balaban J connectivity index is 0.00000242. The van der Waals surface area contributed by atoms with Gasteiger partial charge in [-0.2, -0.15) is 0 Å². The number of sulfonamides is 1. The molecule has 1 aliphatic rings. The van der Waals surface area contributed by atoms with Crippen LogP contribution < -0.4 is 15.8 Å². The predicted octanol–water partition coefficient (Wildman–Crippen LogP) is 0.369. The van der Waals surface area contributed by atoms with Gasteiger partial charge in [0.2, 0.25) is 15.9 Å². The van der Waals surface area contributed by atoms with Crippen LogP contribution in [-0.2, 0) is 21.4 Å². The maximum absolute atomic E-state index is 13.0. The van der Waals surface area contributed by atoms with E-state index in [4.69, 9.17) is 5.14 Å². The largest absolute Gasteiger partial charge is 0.351 e. The second kappa shape index (κ2) is 6.86. The van der Waals surface area contributed by atoms with E-state index in [1.807, 2.05) is 0 Å². The molecule has 1 saturated heterocycles. The molecule has 1 unspecified atom stereocenters. The number of alkyl halides is 2. The molecule has 1 aromatic rings. The first kappa shape index (κ1) is 18.8. The number of benzene rings is 1. The van der Waals surface area contributed by atoms with Gasteiger partial charge >= 0.3 is 0 Å². The number of hydrogen-bond acceptors (Lipinski definition) is 4. The molecule has 1 aromatic carbocycles. The Labute approximate surface area is 132 Å². The van der Waals surface area contributed by atoms with Gasteiger partial charge in [0.25, 0.3) is 5.92 Å². The third-order valence-electron chi connectivity index (χ3n) is 3.14. The normalized spacial score (nSPS) is 20.2.